The van der Waals surface area contributed by atoms with Crippen LogP contribution in [0.15, 0.2) is 0 Å². The molecule has 5 rings (SSSR count). The lowest BCUT2D eigenvalue weighted by Crippen LogP contribution is -2.61. The Morgan fingerprint density at radius 3 is 2.28 bits per heavy atom. The number of methoxy groups -OCH3 is 1. The Morgan fingerprint density at radius 2 is 1.66 bits per heavy atom. The Kier molecular flexibility index (Phi) is 13.7. The van der Waals surface area contributed by atoms with E-state index in [2.05, 4.69) is 11.8 Å². The maximum absolute atomic E-state index is 14.4. The zero-order valence-corrected chi connectivity index (χ0v) is 33.8. The lowest BCUT2D eigenvalue weighted by molar-refractivity contribution is -0.319. The number of ether oxygens (including phenoxy) is 8. The maximum Gasteiger partial charge on any atom is 0.311 e. The number of cyclic esters (lactones) is 1. The molecular weight excluding hydrogens is 690 g/mol. The van der Waals surface area contributed by atoms with Gasteiger partial charge < -0.3 is 58.3 Å². The number of rotatable bonds is 9. The number of esters is 1. The van der Waals surface area contributed by atoms with Gasteiger partial charge in [-0.05, 0) is 66.7 Å². The summed E-state index contributed by atoms with van der Waals surface area (Å²) in [5.41, 5.74) is -3.74. The highest BCUT2D eigenvalue weighted by molar-refractivity contribution is 5.73. The molecule has 0 aromatic rings. The number of fused-ring (bicyclic) bond motifs is 2. The average molecular weight is 760 g/mol. The monoisotopic (exact) mass is 759 g/mol. The molecule has 53 heavy (non-hydrogen) atoms. The number of carbonyl (C=O) groups is 1. The molecule has 0 radical (unpaired) electrons. The summed E-state index contributed by atoms with van der Waals surface area (Å²) in [6, 6.07) is -0.209. The van der Waals surface area contributed by atoms with E-state index in [1.165, 1.54) is 14.0 Å². The number of aliphatic hydroxyl groups excluding tert-OH is 3. The normalized spacial score (nSPS) is 49.4. The van der Waals surface area contributed by atoms with Gasteiger partial charge in [-0.2, -0.15) is 0 Å². The van der Waals surface area contributed by atoms with Gasteiger partial charge >= 0.3 is 5.97 Å². The van der Waals surface area contributed by atoms with Crippen molar-refractivity contribution in [2.24, 2.45) is 23.7 Å². The van der Waals surface area contributed by atoms with Crippen LogP contribution in [0.25, 0.3) is 0 Å². The van der Waals surface area contributed by atoms with Crippen molar-refractivity contribution in [3.8, 4) is 0 Å². The number of carbonyl (C=O) groups excluding carboxylic acids is 1. The van der Waals surface area contributed by atoms with Crippen molar-refractivity contribution < 1.29 is 63.1 Å². The molecule has 5 aliphatic heterocycles. The molecular formula is C39H69NO13. The summed E-state index contributed by atoms with van der Waals surface area (Å²) in [6.07, 6.45) is -7.46. The summed E-state index contributed by atoms with van der Waals surface area (Å²) < 4.78 is 51.1. The van der Waals surface area contributed by atoms with Gasteiger partial charge in [0.15, 0.2) is 12.6 Å². The Balaban J connectivity index is 1.57. The molecule has 5 saturated heterocycles. The van der Waals surface area contributed by atoms with Gasteiger partial charge in [0.1, 0.15) is 23.9 Å². The first-order chi connectivity index (χ1) is 24.8. The number of nitrogens with zero attached hydrogens (tertiary/aromatic N) is 1. The lowest BCUT2D eigenvalue weighted by atomic mass is 9.76. The van der Waals surface area contributed by atoms with Crippen LogP contribution in [-0.2, 0) is 42.7 Å². The van der Waals surface area contributed by atoms with Crippen LogP contribution in [0.5, 0.6) is 0 Å². The molecule has 14 nitrogen and oxygen atoms in total. The van der Waals surface area contributed by atoms with Gasteiger partial charge in [-0.1, -0.05) is 27.7 Å². The first kappa shape index (κ1) is 43.1. The largest absolute Gasteiger partial charge is 0.459 e. The molecule has 5 heterocycles. The number of morpholine rings is 1. The van der Waals surface area contributed by atoms with E-state index in [0.29, 0.717) is 39.1 Å². The van der Waals surface area contributed by atoms with Gasteiger partial charge in [-0.15, -0.1) is 0 Å². The smallest absolute Gasteiger partial charge is 0.311 e. The van der Waals surface area contributed by atoms with Crippen LogP contribution in [0.3, 0.4) is 0 Å². The predicted octanol–water partition coefficient (Wildman–Crippen LogP) is 2.39. The highest BCUT2D eigenvalue weighted by atomic mass is 16.7. The van der Waals surface area contributed by atoms with Gasteiger partial charge in [0, 0.05) is 44.5 Å². The molecule has 0 aliphatic carbocycles. The molecule has 308 valence electrons. The van der Waals surface area contributed by atoms with Crippen molar-refractivity contribution in [3.63, 3.8) is 0 Å². The van der Waals surface area contributed by atoms with Crippen molar-refractivity contribution in [1.29, 1.82) is 0 Å². The van der Waals surface area contributed by atoms with E-state index >= 15 is 0 Å². The molecule has 5 aliphatic rings. The molecule has 19 atom stereocenters. The van der Waals surface area contributed by atoms with E-state index in [-0.39, 0.29) is 30.9 Å². The van der Waals surface area contributed by atoms with Crippen molar-refractivity contribution in [1.82, 2.24) is 4.90 Å². The highest BCUT2D eigenvalue weighted by Gasteiger charge is 2.59. The van der Waals surface area contributed by atoms with E-state index < -0.39 is 102 Å². The van der Waals surface area contributed by atoms with Gasteiger partial charge in [0.2, 0.25) is 0 Å². The van der Waals surface area contributed by atoms with E-state index in [0.717, 1.165) is 0 Å². The average Bonchev–Trinajstić information content (AvgIpc) is 3.44. The second kappa shape index (κ2) is 16.8. The van der Waals surface area contributed by atoms with Crippen LogP contribution in [0, 0.1) is 23.7 Å². The third-order valence-electron chi connectivity index (χ3n) is 13.2. The first-order valence-corrected chi connectivity index (χ1v) is 19.9. The Bertz CT molecular complexity index is 1220. The number of hydrogen-bond donors (Lipinski definition) is 4. The highest BCUT2D eigenvalue weighted by Crippen LogP contribution is 2.48. The Hall–Kier alpha value is -1.01. The first-order valence-electron chi connectivity index (χ1n) is 19.9. The topological polar surface area (TPSA) is 175 Å². The second-order valence-electron chi connectivity index (χ2n) is 17.4. The number of hydrogen-bond acceptors (Lipinski definition) is 14. The van der Waals surface area contributed by atoms with Crippen LogP contribution in [0.2, 0.25) is 0 Å². The molecule has 2 bridgehead atoms. The molecule has 0 aromatic carbocycles. The standard InChI is InChI=1S/C39H69NO13/c1-12-27(41)39(10,45)34-22(4)30-20(2)18-38(9,53-30)33(52-36-29(42)26(17-21(3)48-36)40-13-15-47-16-14-40)23(5)31(24(6)35(44)51-34)50-28-19-37(8,46-11)32(43)25(7)49-28/h20-34,36,41-43,45H,12-19H2,1-11H3/t20?,21?,22-,23-,24+,25?,26?,27+,28-,29?,30?,31-,32-,33+,34+,36-,37?,38?,39+/m0/s1. The van der Waals surface area contributed by atoms with Crippen molar-refractivity contribution in [3.05, 3.63) is 0 Å². The summed E-state index contributed by atoms with van der Waals surface area (Å²) in [5.74, 6) is -2.71. The second-order valence-corrected chi connectivity index (χ2v) is 17.4. The summed E-state index contributed by atoms with van der Waals surface area (Å²) in [7, 11) is 1.53. The van der Waals surface area contributed by atoms with Gasteiger partial charge in [0.05, 0.1) is 67.0 Å². The fourth-order valence-electron chi connectivity index (χ4n) is 9.96. The minimum Gasteiger partial charge on any atom is -0.459 e. The quantitative estimate of drug-likeness (QED) is 0.252. The van der Waals surface area contributed by atoms with E-state index in [1.54, 1.807) is 27.7 Å². The molecule has 0 aromatic heterocycles. The maximum atomic E-state index is 14.4. The van der Waals surface area contributed by atoms with Crippen molar-refractivity contribution in [2.45, 2.75) is 185 Å². The third kappa shape index (κ3) is 8.64. The predicted molar refractivity (Wildman–Crippen MR) is 193 cm³/mol. The summed E-state index contributed by atoms with van der Waals surface area (Å²) in [5, 5.41) is 45.7. The van der Waals surface area contributed by atoms with E-state index in [4.69, 9.17) is 37.9 Å². The number of aliphatic hydroxyl groups is 4. The summed E-state index contributed by atoms with van der Waals surface area (Å²) >= 11 is 0. The molecule has 0 saturated carbocycles. The zero-order chi connectivity index (χ0) is 39.2. The Morgan fingerprint density at radius 1 is 1.00 bits per heavy atom. The van der Waals surface area contributed by atoms with Gasteiger partial charge in [0.25, 0.3) is 0 Å². The van der Waals surface area contributed by atoms with Crippen LogP contribution in [0.1, 0.15) is 94.9 Å². The summed E-state index contributed by atoms with van der Waals surface area (Å²) in [6.45, 7) is 21.0. The Labute approximate surface area is 316 Å². The molecule has 0 amide bonds. The third-order valence-corrected chi connectivity index (χ3v) is 13.2. The summed E-state index contributed by atoms with van der Waals surface area (Å²) in [4.78, 5) is 16.6. The minimum absolute atomic E-state index is 0.0658. The van der Waals surface area contributed by atoms with E-state index in [1.807, 2.05) is 27.7 Å². The van der Waals surface area contributed by atoms with Crippen LogP contribution in [0.4, 0.5) is 0 Å². The van der Waals surface area contributed by atoms with Gasteiger partial charge in [-0.3, -0.25) is 9.69 Å². The molecule has 8 unspecified atom stereocenters. The van der Waals surface area contributed by atoms with Crippen molar-refractivity contribution in [2.75, 3.05) is 33.4 Å². The minimum atomic E-state index is -1.79. The fraction of sp³-hybridized carbons (Fsp3) is 0.974. The lowest BCUT2D eigenvalue weighted by Gasteiger charge is -2.49. The van der Waals surface area contributed by atoms with Crippen LogP contribution in [-0.4, -0.2) is 155 Å². The van der Waals surface area contributed by atoms with Crippen LogP contribution >= 0.6 is 0 Å². The molecule has 14 heteroatoms. The van der Waals surface area contributed by atoms with E-state index in [9.17, 15) is 25.2 Å². The van der Waals surface area contributed by atoms with Gasteiger partial charge in [-0.25, -0.2) is 0 Å². The molecule has 0 spiro atoms. The SMILES string of the molecule is CC[C@@H](O)[C@@](C)(O)[C@@H]1OC(=O)[C@H](C)[C@@H](O[C@H]2CC(C)(OC)[C@@H](O)C(C)O2)[C@H](C)[C@@H](O[C@@H]2OC(C)CC(N3CCOCC3)C2O)C2(C)CC(C)C(O2)[C@@H]1C. The van der Waals surface area contributed by atoms with Crippen molar-refractivity contribution >= 4 is 5.97 Å². The van der Waals surface area contributed by atoms with Crippen LogP contribution < -0.4 is 0 Å². The molecule has 5 fully saturated rings. The molecule has 4 N–H and O–H groups in total. The zero-order valence-electron chi connectivity index (χ0n) is 33.8. The fourth-order valence-corrected chi connectivity index (χ4v) is 9.96.